The van der Waals surface area contributed by atoms with Crippen LogP contribution >= 0.6 is 0 Å². The standard InChI is InChI=1S/C14H25N3/c1-13(2)7-9-14(15,10-8-13)6-4-12-5-11-16-17(12)3/h5,11H,4,6-10,15H2,1-3H3. The van der Waals surface area contributed by atoms with Gasteiger partial charge in [0.1, 0.15) is 0 Å². The maximum Gasteiger partial charge on any atom is 0.0492 e. The third kappa shape index (κ3) is 3.09. The molecule has 1 heterocycles. The van der Waals surface area contributed by atoms with E-state index in [1.54, 1.807) is 0 Å². The molecule has 2 rings (SSSR count). The topological polar surface area (TPSA) is 43.8 Å². The van der Waals surface area contributed by atoms with E-state index in [1.807, 2.05) is 17.9 Å². The van der Waals surface area contributed by atoms with Crippen molar-refractivity contribution in [2.24, 2.45) is 18.2 Å². The van der Waals surface area contributed by atoms with Crippen molar-refractivity contribution >= 4 is 0 Å². The lowest BCUT2D eigenvalue weighted by Gasteiger charge is -2.41. The van der Waals surface area contributed by atoms with Crippen molar-refractivity contribution in [2.75, 3.05) is 0 Å². The van der Waals surface area contributed by atoms with Gasteiger partial charge < -0.3 is 5.73 Å². The van der Waals surface area contributed by atoms with Gasteiger partial charge in [0.05, 0.1) is 0 Å². The molecule has 1 aromatic heterocycles. The Balaban J connectivity index is 1.89. The molecule has 3 nitrogen and oxygen atoms in total. The van der Waals surface area contributed by atoms with E-state index in [-0.39, 0.29) is 5.54 Å². The van der Waals surface area contributed by atoms with Crippen LogP contribution in [0, 0.1) is 5.41 Å². The Morgan fingerprint density at radius 2 is 1.94 bits per heavy atom. The van der Waals surface area contributed by atoms with Crippen LogP contribution in [0.3, 0.4) is 0 Å². The summed E-state index contributed by atoms with van der Waals surface area (Å²) in [5.41, 5.74) is 8.36. The molecule has 96 valence electrons. The zero-order chi connectivity index (χ0) is 12.5. The third-order valence-electron chi connectivity index (χ3n) is 4.40. The van der Waals surface area contributed by atoms with Gasteiger partial charge in [0.2, 0.25) is 0 Å². The summed E-state index contributed by atoms with van der Waals surface area (Å²) in [5, 5.41) is 4.20. The number of hydrogen-bond donors (Lipinski definition) is 1. The number of rotatable bonds is 3. The second-order valence-electron chi connectivity index (χ2n) is 6.47. The average molecular weight is 235 g/mol. The first-order chi connectivity index (χ1) is 7.90. The van der Waals surface area contributed by atoms with E-state index < -0.39 is 0 Å². The Morgan fingerprint density at radius 1 is 1.29 bits per heavy atom. The fourth-order valence-corrected chi connectivity index (χ4v) is 2.70. The van der Waals surface area contributed by atoms with E-state index in [4.69, 9.17) is 5.73 Å². The van der Waals surface area contributed by atoms with Crippen LogP contribution in [0.15, 0.2) is 12.3 Å². The molecular weight excluding hydrogens is 210 g/mol. The van der Waals surface area contributed by atoms with E-state index in [1.165, 1.54) is 18.5 Å². The predicted octanol–water partition coefficient (Wildman–Crippen LogP) is 2.65. The molecule has 0 saturated heterocycles. The Bertz CT molecular complexity index is 369. The fraction of sp³-hybridized carbons (Fsp3) is 0.786. The molecular formula is C14H25N3. The summed E-state index contributed by atoms with van der Waals surface area (Å²) in [7, 11) is 2.00. The Hall–Kier alpha value is -0.830. The first-order valence-corrected chi connectivity index (χ1v) is 6.66. The molecule has 1 aliphatic carbocycles. The Labute approximate surface area is 104 Å². The lowest BCUT2D eigenvalue weighted by molar-refractivity contribution is 0.158. The number of hydrogen-bond acceptors (Lipinski definition) is 2. The van der Waals surface area contributed by atoms with Crippen molar-refractivity contribution in [3.63, 3.8) is 0 Å². The average Bonchev–Trinajstić information content (AvgIpc) is 2.67. The monoisotopic (exact) mass is 235 g/mol. The summed E-state index contributed by atoms with van der Waals surface area (Å²) in [6.07, 6.45) is 8.85. The lowest BCUT2D eigenvalue weighted by atomic mass is 9.68. The van der Waals surface area contributed by atoms with Crippen LogP contribution in [0.5, 0.6) is 0 Å². The molecule has 0 amide bonds. The number of nitrogens with two attached hydrogens (primary N) is 1. The molecule has 1 saturated carbocycles. The van der Waals surface area contributed by atoms with E-state index in [0.29, 0.717) is 5.41 Å². The van der Waals surface area contributed by atoms with Crippen LogP contribution in [0.4, 0.5) is 0 Å². The molecule has 0 bridgehead atoms. The van der Waals surface area contributed by atoms with Gasteiger partial charge in [-0.05, 0) is 50.0 Å². The summed E-state index contributed by atoms with van der Waals surface area (Å²) in [6.45, 7) is 4.71. The SMILES string of the molecule is Cn1nccc1CCC1(N)CCC(C)(C)CC1. The predicted molar refractivity (Wildman–Crippen MR) is 70.7 cm³/mol. The van der Waals surface area contributed by atoms with Crippen LogP contribution in [-0.2, 0) is 13.5 Å². The fourth-order valence-electron chi connectivity index (χ4n) is 2.70. The quantitative estimate of drug-likeness (QED) is 0.875. The smallest absolute Gasteiger partial charge is 0.0492 e. The summed E-state index contributed by atoms with van der Waals surface area (Å²) < 4.78 is 1.95. The van der Waals surface area contributed by atoms with E-state index in [0.717, 1.165) is 25.7 Å². The largest absolute Gasteiger partial charge is 0.325 e. The molecule has 0 radical (unpaired) electrons. The van der Waals surface area contributed by atoms with Gasteiger partial charge in [-0.2, -0.15) is 5.10 Å². The molecule has 1 aliphatic rings. The summed E-state index contributed by atoms with van der Waals surface area (Å²) in [5.74, 6) is 0. The Morgan fingerprint density at radius 3 is 2.47 bits per heavy atom. The molecule has 2 N–H and O–H groups in total. The first kappa shape index (κ1) is 12.6. The van der Waals surface area contributed by atoms with Crippen LogP contribution in [0.2, 0.25) is 0 Å². The minimum absolute atomic E-state index is 0.0553. The lowest BCUT2D eigenvalue weighted by Crippen LogP contribution is -2.45. The highest BCUT2D eigenvalue weighted by Crippen LogP contribution is 2.40. The van der Waals surface area contributed by atoms with Gasteiger partial charge >= 0.3 is 0 Å². The Kier molecular flexibility index (Phi) is 3.30. The van der Waals surface area contributed by atoms with E-state index in [2.05, 4.69) is 25.0 Å². The van der Waals surface area contributed by atoms with Crippen molar-refractivity contribution in [3.05, 3.63) is 18.0 Å². The maximum absolute atomic E-state index is 6.52. The van der Waals surface area contributed by atoms with Gasteiger partial charge in [-0.25, -0.2) is 0 Å². The van der Waals surface area contributed by atoms with Crippen LogP contribution in [0.1, 0.15) is 51.6 Å². The van der Waals surface area contributed by atoms with Crippen molar-refractivity contribution in [2.45, 2.75) is 57.9 Å². The molecule has 17 heavy (non-hydrogen) atoms. The molecule has 0 spiro atoms. The van der Waals surface area contributed by atoms with Crippen molar-refractivity contribution in [1.29, 1.82) is 0 Å². The minimum atomic E-state index is 0.0553. The van der Waals surface area contributed by atoms with Crippen molar-refractivity contribution in [3.8, 4) is 0 Å². The molecule has 0 aliphatic heterocycles. The highest BCUT2D eigenvalue weighted by atomic mass is 15.2. The molecule has 0 aromatic carbocycles. The van der Waals surface area contributed by atoms with Gasteiger partial charge in [0, 0.05) is 24.5 Å². The van der Waals surface area contributed by atoms with Gasteiger partial charge in [-0.15, -0.1) is 0 Å². The summed E-state index contributed by atoms with van der Waals surface area (Å²) in [6, 6.07) is 2.09. The first-order valence-electron chi connectivity index (χ1n) is 6.66. The van der Waals surface area contributed by atoms with Crippen LogP contribution in [-0.4, -0.2) is 15.3 Å². The number of aromatic nitrogens is 2. The summed E-state index contributed by atoms with van der Waals surface area (Å²) >= 11 is 0. The normalized spacial score (nSPS) is 22.6. The highest BCUT2D eigenvalue weighted by molar-refractivity contribution is 5.03. The van der Waals surface area contributed by atoms with Gasteiger partial charge in [-0.1, -0.05) is 13.8 Å². The number of nitrogens with zero attached hydrogens (tertiary/aromatic N) is 2. The molecule has 0 unspecified atom stereocenters. The zero-order valence-electron chi connectivity index (χ0n) is 11.4. The van der Waals surface area contributed by atoms with Gasteiger partial charge in [-0.3, -0.25) is 4.68 Å². The van der Waals surface area contributed by atoms with Crippen molar-refractivity contribution in [1.82, 2.24) is 9.78 Å². The molecule has 3 heteroatoms. The second-order valence-corrected chi connectivity index (χ2v) is 6.47. The van der Waals surface area contributed by atoms with Crippen LogP contribution in [0.25, 0.3) is 0 Å². The molecule has 1 fully saturated rings. The maximum atomic E-state index is 6.52. The summed E-state index contributed by atoms with van der Waals surface area (Å²) in [4.78, 5) is 0. The third-order valence-corrected chi connectivity index (χ3v) is 4.40. The van der Waals surface area contributed by atoms with Crippen molar-refractivity contribution < 1.29 is 0 Å². The second kappa shape index (κ2) is 4.45. The van der Waals surface area contributed by atoms with Gasteiger partial charge in [0.25, 0.3) is 0 Å². The highest BCUT2D eigenvalue weighted by Gasteiger charge is 2.34. The van der Waals surface area contributed by atoms with Gasteiger partial charge in [0.15, 0.2) is 0 Å². The van der Waals surface area contributed by atoms with E-state index in [9.17, 15) is 0 Å². The van der Waals surface area contributed by atoms with E-state index >= 15 is 0 Å². The molecule has 0 atom stereocenters. The number of aryl methyl sites for hydroxylation is 2. The molecule has 1 aromatic rings. The minimum Gasteiger partial charge on any atom is -0.325 e. The zero-order valence-corrected chi connectivity index (χ0v) is 11.4. The van der Waals surface area contributed by atoms with Crippen LogP contribution < -0.4 is 5.73 Å².